The molecule has 0 aromatic rings. The van der Waals surface area contributed by atoms with E-state index in [-0.39, 0.29) is 0 Å². The molecule has 0 radical (unpaired) electrons. The number of hydrogen-bond acceptors (Lipinski definition) is 2. The van der Waals surface area contributed by atoms with Crippen LogP contribution >= 0.6 is 37.7 Å². The van der Waals surface area contributed by atoms with Gasteiger partial charge in [-0.3, -0.25) is 0 Å². The third kappa shape index (κ3) is 4.59. The molecule has 0 spiro atoms. The summed E-state index contributed by atoms with van der Waals surface area (Å²) in [6.45, 7) is 0. The van der Waals surface area contributed by atoms with Gasteiger partial charge in [0.05, 0.1) is 0 Å². The molecular formula is CH3NS3. The van der Waals surface area contributed by atoms with Crippen LogP contribution in [-0.2, 0) is 0 Å². The van der Waals surface area contributed by atoms with Gasteiger partial charge >= 0.3 is 0 Å². The summed E-state index contributed by atoms with van der Waals surface area (Å²) in [6.07, 6.45) is 0. The molecule has 1 N–H and O–H groups in total. The third-order valence-corrected chi connectivity index (χ3v) is 0.861. The minimum absolute atomic E-state index is 0.397. The summed E-state index contributed by atoms with van der Waals surface area (Å²) in [7, 11) is 0. The Kier molecular flexibility index (Phi) is 3.14. The molecule has 0 saturated heterocycles. The number of rotatable bonds is 0. The molecule has 5 heavy (non-hydrogen) atoms. The highest BCUT2D eigenvalue weighted by atomic mass is 32.1. The molecule has 1 nitrogen and oxygen atoms in total. The summed E-state index contributed by atoms with van der Waals surface area (Å²) in [6, 6.07) is 0. The molecule has 0 fully saturated rings. The fourth-order valence-corrected chi connectivity index (χ4v) is 0. The van der Waals surface area contributed by atoms with Crippen molar-refractivity contribution in [3.8, 4) is 0 Å². The van der Waals surface area contributed by atoms with Crippen LogP contribution in [0.5, 0.6) is 0 Å². The van der Waals surface area contributed by atoms with Crippen molar-refractivity contribution in [3.63, 3.8) is 0 Å². The van der Waals surface area contributed by atoms with Crippen molar-refractivity contribution in [1.82, 2.24) is 4.72 Å². The largest absolute Gasteiger partial charge is 0.318 e. The number of hydrogen-bond donors (Lipinski definition) is 3. The van der Waals surface area contributed by atoms with Crippen molar-refractivity contribution in [1.29, 1.82) is 0 Å². The summed E-state index contributed by atoms with van der Waals surface area (Å²) >= 11 is 11.6. The lowest BCUT2D eigenvalue weighted by atomic mass is 11.5. The second kappa shape index (κ2) is 2.81. The van der Waals surface area contributed by atoms with Gasteiger partial charge in [0.1, 0.15) is 4.32 Å². The van der Waals surface area contributed by atoms with Gasteiger partial charge in [-0.2, -0.15) is 0 Å². The first-order chi connectivity index (χ1) is 2.27. The molecule has 0 aromatic heterocycles. The SMILES string of the molecule is S=C(S)NS. The van der Waals surface area contributed by atoms with Gasteiger partial charge in [-0.05, 0) is 0 Å². The molecule has 0 aliphatic rings. The van der Waals surface area contributed by atoms with Gasteiger partial charge in [0.2, 0.25) is 0 Å². The maximum atomic E-state index is 4.37. The molecule has 4 heteroatoms. The Morgan fingerprint density at radius 1 is 1.80 bits per heavy atom. The molecule has 0 saturated carbocycles. The molecule has 0 aliphatic heterocycles. The maximum absolute atomic E-state index is 4.37. The minimum Gasteiger partial charge on any atom is -0.318 e. The fourth-order valence-electron chi connectivity index (χ4n) is 0. The van der Waals surface area contributed by atoms with Crippen LogP contribution in [0.25, 0.3) is 0 Å². The van der Waals surface area contributed by atoms with Crippen LogP contribution in [0.15, 0.2) is 0 Å². The van der Waals surface area contributed by atoms with E-state index in [1.54, 1.807) is 0 Å². The molecule has 0 bridgehead atoms. The van der Waals surface area contributed by atoms with Crippen molar-refractivity contribution in [3.05, 3.63) is 0 Å². The molecule has 0 aliphatic carbocycles. The Bertz CT molecular complexity index is 42.2. The highest BCUT2D eigenvalue weighted by molar-refractivity contribution is 8.12. The van der Waals surface area contributed by atoms with Crippen LogP contribution in [0.2, 0.25) is 0 Å². The summed E-state index contributed by atoms with van der Waals surface area (Å²) < 4.78 is 2.71. The Morgan fingerprint density at radius 2 is 2.00 bits per heavy atom. The zero-order valence-electron chi connectivity index (χ0n) is 2.30. The van der Waals surface area contributed by atoms with Crippen LogP contribution in [-0.4, -0.2) is 4.32 Å². The van der Waals surface area contributed by atoms with Crippen LogP contribution in [0.1, 0.15) is 0 Å². The van der Waals surface area contributed by atoms with E-state index in [4.69, 9.17) is 0 Å². The average molecular weight is 125 g/mol. The maximum Gasteiger partial charge on any atom is 0.140 e. The summed E-state index contributed by atoms with van der Waals surface area (Å²) in [5.74, 6) is 0. The second-order valence-corrected chi connectivity index (χ2v) is 1.80. The average Bonchev–Trinajstić information content (AvgIpc) is 1.38. The number of thiol groups is 2. The lowest BCUT2D eigenvalue weighted by molar-refractivity contribution is 1.68. The first-order valence-electron chi connectivity index (χ1n) is 0.901. The summed E-state index contributed by atoms with van der Waals surface area (Å²) in [5.41, 5.74) is 0. The Hall–Kier alpha value is 0.590. The van der Waals surface area contributed by atoms with Gasteiger partial charge < -0.3 is 4.72 Å². The Morgan fingerprint density at radius 3 is 2.00 bits per heavy atom. The lowest BCUT2D eigenvalue weighted by Crippen LogP contribution is -1.98. The van der Waals surface area contributed by atoms with E-state index in [1.165, 1.54) is 0 Å². The van der Waals surface area contributed by atoms with Gasteiger partial charge in [-0.1, -0.05) is 25.0 Å². The third-order valence-electron chi connectivity index (χ3n) is 0.0956. The molecule has 0 atom stereocenters. The van der Waals surface area contributed by atoms with E-state index in [9.17, 15) is 0 Å². The fraction of sp³-hybridized carbons (Fsp3) is 0. The summed E-state index contributed by atoms with van der Waals surface area (Å²) in [4.78, 5) is 0. The monoisotopic (exact) mass is 125 g/mol. The highest BCUT2D eigenvalue weighted by Crippen LogP contribution is 1.74. The number of thiocarbonyl (C=S) groups is 1. The Balaban J connectivity index is 2.85. The second-order valence-electron chi connectivity index (χ2n) is 0.417. The van der Waals surface area contributed by atoms with E-state index < -0.39 is 0 Å². The smallest absolute Gasteiger partial charge is 0.140 e. The molecule has 0 unspecified atom stereocenters. The first-order valence-corrected chi connectivity index (χ1v) is 2.20. The number of nitrogens with one attached hydrogen (secondary N) is 1. The highest BCUT2D eigenvalue weighted by Gasteiger charge is 1.68. The zero-order chi connectivity index (χ0) is 4.28. The van der Waals surface area contributed by atoms with E-state index in [0.29, 0.717) is 4.32 Å². The molecule has 0 aromatic carbocycles. The van der Waals surface area contributed by atoms with Crippen molar-refractivity contribution < 1.29 is 0 Å². The Labute approximate surface area is 47.1 Å². The predicted molar refractivity (Wildman–Crippen MR) is 33.7 cm³/mol. The standard InChI is InChI=1S/CH3NS3/c3-1(4)2-5/h5H,(H2,2,3,4). The zero-order valence-corrected chi connectivity index (χ0v) is 4.91. The molecule has 30 valence electrons. The van der Waals surface area contributed by atoms with Gasteiger partial charge in [0.25, 0.3) is 0 Å². The predicted octanol–water partition coefficient (Wildman–Crippen LogP) is 0.635. The van der Waals surface area contributed by atoms with Crippen molar-refractivity contribution in [2.24, 2.45) is 0 Å². The van der Waals surface area contributed by atoms with Gasteiger partial charge in [0, 0.05) is 0 Å². The minimum atomic E-state index is 0.397. The van der Waals surface area contributed by atoms with E-state index >= 15 is 0 Å². The van der Waals surface area contributed by atoms with Crippen LogP contribution < -0.4 is 4.72 Å². The molecule has 0 heterocycles. The van der Waals surface area contributed by atoms with Crippen molar-refractivity contribution in [2.45, 2.75) is 0 Å². The van der Waals surface area contributed by atoms with Crippen LogP contribution in [0, 0.1) is 0 Å². The van der Waals surface area contributed by atoms with Gasteiger partial charge in [-0.15, -0.1) is 12.6 Å². The summed E-state index contributed by atoms with van der Waals surface area (Å²) in [5, 5.41) is 0. The quantitative estimate of drug-likeness (QED) is 0.324. The van der Waals surface area contributed by atoms with Crippen LogP contribution in [0.3, 0.4) is 0 Å². The normalized spacial score (nSPS) is 6.80. The van der Waals surface area contributed by atoms with E-state index in [0.717, 1.165) is 0 Å². The van der Waals surface area contributed by atoms with E-state index in [1.807, 2.05) is 0 Å². The topological polar surface area (TPSA) is 12.0 Å². The van der Waals surface area contributed by atoms with E-state index in [2.05, 4.69) is 42.4 Å². The van der Waals surface area contributed by atoms with Crippen molar-refractivity contribution in [2.75, 3.05) is 0 Å². The van der Waals surface area contributed by atoms with Crippen LogP contribution in [0.4, 0.5) is 0 Å². The van der Waals surface area contributed by atoms with Gasteiger partial charge in [-0.25, -0.2) is 0 Å². The molecule has 0 amide bonds. The van der Waals surface area contributed by atoms with Gasteiger partial charge in [0.15, 0.2) is 0 Å². The molecular weight excluding hydrogens is 122 g/mol. The first kappa shape index (κ1) is 5.59. The lowest BCUT2D eigenvalue weighted by Gasteiger charge is -1.81. The molecule has 0 rings (SSSR count). The van der Waals surface area contributed by atoms with Crippen molar-refractivity contribution >= 4 is 42.0 Å².